The molecule has 1 atom stereocenters. The van der Waals surface area contributed by atoms with Gasteiger partial charge in [0.1, 0.15) is 0 Å². The highest BCUT2D eigenvalue weighted by molar-refractivity contribution is 6.36. The molecule has 1 heterocycles. The van der Waals surface area contributed by atoms with Gasteiger partial charge < -0.3 is 4.57 Å². The zero-order valence-electron chi connectivity index (χ0n) is 13.6. The summed E-state index contributed by atoms with van der Waals surface area (Å²) in [4.78, 5) is 4.13. The van der Waals surface area contributed by atoms with Gasteiger partial charge in [0.25, 0.3) is 0 Å². The minimum atomic E-state index is 0.210. The van der Waals surface area contributed by atoms with Gasteiger partial charge in [0.2, 0.25) is 0 Å². The second-order valence-electron chi connectivity index (χ2n) is 6.14. The molecule has 0 saturated heterocycles. The maximum Gasteiger partial charge on any atom is 0.0946 e. The summed E-state index contributed by atoms with van der Waals surface area (Å²) in [7, 11) is 0. The number of rotatable bonds is 6. The second kappa shape index (κ2) is 8.64. The van der Waals surface area contributed by atoms with Gasteiger partial charge in [-0.05, 0) is 49.0 Å². The second-order valence-corrected chi connectivity index (χ2v) is 7.84. The number of halogens is 4. The van der Waals surface area contributed by atoms with Crippen LogP contribution in [0.4, 0.5) is 0 Å². The highest BCUT2D eigenvalue weighted by atomic mass is 35.5. The lowest BCUT2D eigenvalue weighted by atomic mass is 9.90. The average molecular weight is 416 g/mol. The first kappa shape index (κ1) is 18.8. The van der Waals surface area contributed by atoms with Crippen molar-refractivity contribution in [2.75, 3.05) is 0 Å². The molecule has 1 aliphatic rings. The standard InChI is InChI=1S/C19H18Cl4N2/c20-14-5-7-15(19(23)10-14)13(11-25-9-8-24-12-25)4-6-16-17(21)2-1-3-18(16)22/h2,5,7-10,12-13H,1,3-4,6,11H2. The maximum absolute atomic E-state index is 6.46. The third-order valence-electron chi connectivity index (χ3n) is 4.44. The van der Waals surface area contributed by atoms with E-state index in [0.717, 1.165) is 53.4 Å². The molecule has 0 aliphatic heterocycles. The van der Waals surface area contributed by atoms with E-state index < -0.39 is 0 Å². The van der Waals surface area contributed by atoms with Crippen LogP contribution in [0.25, 0.3) is 0 Å². The van der Waals surface area contributed by atoms with Crippen LogP contribution in [-0.4, -0.2) is 9.55 Å². The summed E-state index contributed by atoms with van der Waals surface area (Å²) in [5.74, 6) is 0.210. The van der Waals surface area contributed by atoms with Gasteiger partial charge >= 0.3 is 0 Å². The number of allylic oxidation sites excluding steroid dienone is 4. The first-order valence-electron chi connectivity index (χ1n) is 8.19. The van der Waals surface area contributed by atoms with Gasteiger partial charge in [-0.1, -0.05) is 58.5 Å². The number of aromatic nitrogens is 2. The first-order valence-corrected chi connectivity index (χ1v) is 9.70. The fourth-order valence-electron chi connectivity index (χ4n) is 3.13. The van der Waals surface area contributed by atoms with E-state index in [2.05, 4.69) is 9.55 Å². The van der Waals surface area contributed by atoms with Crippen molar-refractivity contribution in [2.45, 2.75) is 38.1 Å². The van der Waals surface area contributed by atoms with Crippen molar-refractivity contribution in [3.8, 4) is 0 Å². The number of nitrogens with zero attached hydrogens (tertiary/aromatic N) is 2. The van der Waals surface area contributed by atoms with Gasteiger partial charge in [0.15, 0.2) is 0 Å². The van der Waals surface area contributed by atoms with Gasteiger partial charge in [-0.25, -0.2) is 4.98 Å². The molecule has 1 aromatic heterocycles. The predicted octanol–water partition coefficient (Wildman–Crippen LogP) is 7.16. The Morgan fingerprint density at radius 2 is 2.00 bits per heavy atom. The molecule has 2 aromatic rings. The van der Waals surface area contributed by atoms with Crippen LogP contribution in [0.5, 0.6) is 0 Å². The largest absolute Gasteiger partial charge is 0.337 e. The molecule has 6 heteroatoms. The topological polar surface area (TPSA) is 17.8 Å². The van der Waals surface area contributed by atoms with E-state index in [-0.39, 0.29) is 5.92 Å². The van der Waals surface area contributed by atoms with Crippen LogP contribution in [0.3, 0.4) is 0 Å². The van der Waals surface area contributed by atoms with Gasteiger partial charge in [0.05, 0.1) is 6.33 Å². The highest BCUT2D eigenvalue weighted by Crippen LogP contribution is 2.37. The zero-order chi connectivity index (χ0) is 17.8. The Hall–Kier alpha value is -0.930. The van der Waals surface area contributed by atoms with E-state index in [9.17, 15) is 0 Å². The summed E-state index contributed by atoms with van der Waals surface area (Å²) < 4.78 is 2.06. The van der Waals surface area contributed by atoms with Gasteiger partial charge in [0, 0.05) is 45.0 Å². The summed E-state index contributed by atoms with van der Waals surface area (Å²) in [6.45, 7) is 0.785. The molecule has 0 N–H and O–H groups in total. The smallest absolute Gasteiger partial charge is 0.0946 e. The fourth-order valence-corrected chi connectivity index (χ4v) is 4.36. The number of hydrogen-bond donors (Lipinski definition) is 0. The molecule has 0 fully saturated rings. The Morgan fingerprint density at radius 3 is 2.68 bits per heavy atom. The fraction of sp³-hybridized carbons (Fsp3) is 0.316. The summed E-state index contributed by atoms with van der Waals surface area (Å²) in [6, 6.07) is 5.67. The molecule has 0 bridgehead atoms. The van der Waals surface area contributed by atoms with Crippen molar-refractivity contribution in [1.29, 1.82) is 0 Å². The van der Waals surface area contributed by atoms with Crippen LogP contribution in [-0.2, 0) is 6.54 Å². The van der Waals surface area contributed by atoms with Crippen LogP contribution in [0.15, 0.2) is 58.6 Å². The molecule has 3 rings (SSSR count). The molecule has 2 nitrogen and oxygen atoms in total. The normalized spacial score (nSPS) is 16.1. The highest BCUT2D eigenvalue weighted by Gasteiger charge is 2.19. The minimum Gasteiger partial charge on any atom is -0.337 e. The molecule has 1 aromatic carbocycles. The predicted molar refractivity (Wildman–Crippen MR) is 107 cm³/mol. The maximum atomic E-state index is 6.46. The van der Waals surface area contributed by atoms with Gasteiger partial charge in [-0.15, -0.1) is 0 Å². The van der Waals surface area contributed by atoms with E-state index in [1.54, 1.807) is 12.3 Å². The summed E-state index contributed by atoms with van der Waals surface area (Å²) >= 11 is 25.3. The van der Waals surface area contributed by atoms with E-state index in [1.807, 2.05) is 30.7 Å². The third-order valence-corrected chi connectivity index (χ3v) is 5.80. The van der Waals surface area contributed by atoms with E-state index in [1.165, 1.54) is 0 Å². The summed E-state index contributed by atoms with van der Waals surface area (Å²) in [5, 5.41) is 2.97. The van der Waals surface area contributed by atoms with Crippen LogP contribution in [0.2, 0.25) is 10.0 Å². The van der Waals surface area contributed by atoms with Crippen molar-refractivity contribution in [1.82, 2.24) is 9.55 Å². The van der Waals surface area contributed by atoms with Crippen molar-refractivity contribution >= 4 is 46.4 Å². The van der Waals surface area contributed by atoms with Crippen LogP contribution in [0, 0.1) is 0 Å². The van der Waals surface area contributed by atoms with E-state index >= 15 is 0 Å². The lowest BCUT2D eigenvalue weighted by Gasteiger charge is -2.22. The van der Waals surface area contributed by atoms with Crippen molar-refractivity contribution in [3.05, 3.63) is 74.2 Å². The van der Waals surface area contributed by atoms with Crippen molar-refractivity contribution < 1.29 is 0 Å². The Labute approximate surface area is 168 Å². The molecule has 25 heavy (non-hydrogen) atoms. The van der Waals surface area contributed by atoms with Gasteiger partial charge in [-0.3, -0.25) is 0 Å². The third kappa shape index (κ3) is 4.83. The quantitative estimate of drug-likeness (QED) is 0.489. The molecule has 0 spiro atoms. The van der Waals surface area contributed by atoms with E-state index in [4.69, 9.17) is 46.4 Å². The van der Waals surface area contributed by atoms with Crippen LogP contribution < -0.4 is 0 Å². The SMILES string of the molecule is ClC1=CCCC(Cl)=C1CCC(Cn1ccnc1)c1ccc(Cl)cc1Cl. The Balaban J connectivity index is 1.82. The summed E-state index contributed by atoms with van der Waals surface area (Å²) in [5.41, 5.74) is 2.13. The molecular weight excluding hydrogens is 398 g/mol. The van der Waals surface area contributed by atoms with E-state index in [0.29, 0.717) is 10.0 Å². The van der Waals surface area contributed by atoms with Crippen molar-refractivity contribution in [2.24, 2.45) is 0 Å². The number of hydrogen-bond acceptors (Lipinski definition) is 1. The molecular formula is C19H18Cl4N2. The van der Waals surface area contributed by atoms with Crippen LogP contribution >= 0.6 is 46.4 Å². The Bertz CT molecular complexity index is 794. The van der Waals surface area contributed by atoms with Crippen molar-refractivity contribution in [3.63, 3.8) is 0 Å². The van der Waals surface area contributed by atoms with Gasteiger partial charge in [-0.2, -0.15) is 0 Å². The minimum absolute atomic E-state index is 0.210. The Morgan fingerprint density at radius 1 is 1.16 bits per heavy atom. The molecule has 1 unspecified atom stereocenters. The molecule has 0 amide bonds. The molecule has 0 radical (unpaired) electrons. The molecule has 0 saturated carbocycles. The van der Waals surface area contributed by atoms with Crippen LogP contribution in [0.1, 0.15) is 37.2 Å². The lowest BCUT2D eigenvalue weighted by molar-refractivity contribution is 0.524. The lowest BCUT2D eigenvalue weighted by Crippen LogP contribution is -2.10. The number of imidazole rings is 1. The molecule has 132 valence electrons. The average Bonchev–Trinajstić information content (AvgIpc) is 3.06. The monoisotopic (exact) mass is 414 g/mol. The number of benzene rings is 1. The zero-order valence-corrected chi connectivity index (χ0v) is 16.6. The molecule has 1 aliphatic carbocycles. The Kier molecular flexibility index (Phi) is 6.51. The first-order chi connectivity index (χ1) is 12.0. The summed E-state index contributed by atoms with van der Waals surface area (Å²) in [6.07, 6.45) is 11.1.